The first-order valence-electron chi connectivity index (χ1n) is 7.53. The number of hydrogen-bond donors (Lipinski definition) is 0. The van der Waals surface area contributed by atoms with E-state index in [0.29, 0.717) is 34.0 Å². The number of para-hydroxylation sites is 1. The fraction of sp³-hybridized carbons (Fsp3) is 0.176. The van der Waals surface area contributed by atoms with Crippen molar-refractivity contribution in [3.63, 3.8) is 0 Å². The SMILES string of the molecule is COc1cc2c(-n3nnc4ccccc43)ncnc2c(OC)c1OC. The van der Waals surface area contributed by atoms with Crippen LogP contribution in [-0.2, 0) is 0 Å². The summed E-state index contributed by atoms with van der Waals surface area (Å²) in [5.41, 5.74) is 2.22. The molecule has 0 amide bonds. The highest BCUT2D eigenvalue weighted by Crippen LogP contribution is 2.43. The molecule has 0 fully saturated rings. The standard InChI is InChI=1S/C17H15N5O3/c1-23-13-8-10-14(16(25-3)15(13)24-2)18-9-19-17(10)22-12-7-5-4-6-11(12)20-21-22/h4-9H,1-3H3. The average molecular weight is 337 g/mol. The summed E-state index contributed by atoms with van der Waals surface area (Å²) in [6.07, 6.45) is 1.46. The van der Waals surface area contributed by atoms with Crippen LogP contribution in [0, 0.1) is 0 Å². The van der Waals surface area contributed by atoms with Crippen LogP contribution < -0.4 is 14.2 Å². The van der Waals surface area contributed by atoms with Gasteiger partial charge in [-0.25, -0.2) is 9.97 Å². The fourth-order valence-electron chi connectivity index (χ4n) is 2.84. The third kappa shape index (κ3) is 2.22. The molecule has 4 rings (SSSR count). The molecule has 0 aliphatic heterocycles. The first-order chi connectivity index (χ1) is 12.3. The highest BCUT2D eigenvalue weighted by Gasteiger charge is 2.21. The number of rotatable bonds is 4. The predicted octanol–water partition coefficient (Wildman–Crippen LogP) is 2.39. The van der Waals surface area contributed by atoms with Gasteiger partial charge in [0.2, 0.25) is 5.75 Å². The van der Waals surface area contributed by atoms with Crippen molar-refractivity contribution in [2.45, 2.75) is 0 Å². The van der Waals surface area contributed by atoms with Crippen molar-refractivity contribution in [1.82, 2.24) is 25.0 Å². The second-order valence-electron chi connectivity index (χ2n) is 5.23. The molecule has 0 aliphatic carbocycles. The molecule has 0 radical (unpaired) electrons. The smallest absolute Gasteiger partial charge is 0.205 e. The molecule has 8 heteroatoms. The van der Waals surface area contributed by atoms with Gasteiger partial charge in [0.15, 0.2) is 17.3 Å². The highest BCUT2D eigenvalue weighted by molar-refractivity contribution is 5.95. The van der Waals surface area contributed by atoms with E-state index >= 15 is 0 Å². The number of methoxy groups -OCH3 is 3. The summed E-state index contributed by atoms with van der Waals surface area (Å²) >= 11 is 0. The van der Waals surface area contributed by atoms with Gasteiger partial charge in [0, 0.05) is 0 Å². The van der Waals surface area contributed by atoms with Crippen molar-refractivity contribution in [2.75, 3.05) is 21.3 Å². The molecule has 0 spiro atoms. The van der Waals surface area contributed by atoms with Crippen molar-refractivity contribution in [3.05, 3.63) is 36.7 Å². The fourth-order valence-corrected chi connectivity index (χ4v) is 2.84. The lowest BCUT2D eigenvalue weighted by atomic mass is 10.2. The molecule has 0 saturated carbocycles. The second kappa shape index (κ2) is 5.90. The molecular weight excluding hydrogens is 322 g/mol. The third-order valence-electron chi connectivity index (χ3n) is 3.96. The molecule has 0 saturated heterocycles. The van der Waals surface area contributed by atoms with Crippen LogP contribution in [0.25, 0.3) is 27.8 Å². The summed E-state index contributed by atoms with van der Waals surface area (Å²) in [4.78, 5) is 8.76. The van der Waals surface area contributed by atoms with Gasteiger partial charge in [0.05, 0.1) is 32.2 Å². The molecule has 0 atom stereocenters. The summed E-state index contributed by atoms with van der Waals surface area (Å²) in [6, 6.07) is 9.47. The molecular formula is C17H15N5O3. The van der Waals surface area contributed by atoms with Crippen molar-refractivity contribution in [1.29, 1.82) is 0 Å². The van der Waals surface area contributed by atoms with Gasteiger partial charge in [0.1, 0.15) is 17.4 Å². The molecule has 0 N–H and O–H groups in total. The van der Waals surface area contributed by atoms with Crippen LogP contribution in [0.5, 0.6) is 17.2 Å². The highest BCUT2D eigenvalue weighted by atomic mass is 16.5. The molecule has 2 aromatic heterocycles. The van der Waals surface area contributed by atoms with Gasteiger partial charge in [-0.2, -0.15) is 4.68 Å². The largest absolute Gasteiger partial charge is 0.493 e. The third-order valence-corrected chi connectivity index (χ3v) is 3.96. The maximum Gasteiger partial charge on any atom is 0.205 e. The number of aromatic nitrogens is 5. The lowest BCUT2D eigenvalue weighted by Crippen LogP contribution is -2.04. The van der Waals surface area contributed by atoms with E-state index in [4.69, 9.17) is 14.2 Å². The number of ether oxygens (including phenoxy) is 3. The van der Waals surface area contributed by atoms with Gasteiger partial charge in [-0.3, -0.25) is 0 Å². The summed E-state index contributed by atoms with van der Waals surface area (Å²) in [7, 11) is 4.68. The summed E-state index contributed by atoms with van der Waals surface area (Å²) in [6.45, 7) is 0. The van der Waals surface area contributed by atoms with Gasteiger partial charge in [-0.05, 0) is 18.2 Å². The number of fused-ring (bicyclic) bond motifs is 2. The predicted molar refractivity (Wildman–Crippen MR) is 91.6 cm³/mol. The number of hydrogen-bond acceptors (Lipinski definition) is 7. The monoisotopic (exact) mass is 337 g/mol. The molecule has 0 aliphatic rings. The normalized spacial score (nSPS) is 11.0. The Morgan fingerprint density at radius 3 is 2.48 bits per heavy atom. The lowest BCUT2D eigenvalue weighted by molar-refractivity contribution is 0.327. The minimum absolute atomic E-state index is 0.477. The quantitative estimate of drug-likeness (QED) is 0.565. The summed E-state index contributed by atoms with van der Waals surface area (Å²) in [5, 5.41) is 9.13. The van der Waals surface area contributed by atoms with Crippen LogP contribution in [0.15, 0.2) is 36.7 Å². The zero-order valence-electron chi connectivity index (χ0n) is 13.9. The van der Waals surface area contributed by atoms with Crippen LogP contribution in [0.2, 0.25) is 0 Å². The maximum atomic E-state index is 5.51. The molecule has 0 unspecified atom stereocenters. The Balaban J connectivity index is 2.09. The van der Waals surface area contributed by atoms with Crippen LogP contribution in [-0.4, -0.2) is 46.3 Å². The molecule has 2 heterocycles. The molecule has 2 aromatic carbocycles. The van der Waals surface area contributed by atoms with Crippen molar-refractivity contribution in [3.8, 4) is 23.1 Å². The molecule has 4 aromatic rings. The van der Waals surface area contributed by atoms with E-state index in [0.717, 1.165) is 11.0 Å². The van der Waals surface area contributed by atoms with Crippen molar-refractivity contribution >= 4 is 21.9 Å². The zero-order valence-corrected chi connectivity index (χ0v) is 13.9. The number of nitrogens with zero attached hydrogens (tertiary/aromatic N) is 5. The Labute approximate surface area is 143 Å². The van der Waals surface area contributed by atoms with Crippen molar-refractivity contribution < 1.29 is 14.2 Å². The van der Waals surface area contributed by atoms with Crippen LogP contribution in [0.4, 0.5) is 0 Å². The maximum absolute atomic E-state index is 5.51. The van der Waals surface area contributed by atoms with E-state index in [-0.39, 0.29) is 0 Å². The van der Waals surface area contributed by atoms with Gasteiger partial charge < -0.3 is 14.2 Å². The Morgan fingerprint density at radius 1 is 0.920 bits per heavy atom. The average Bonchev–Trinajstić information content (AvgIpc) is 3.09. The Morgan fingerprint density at radius 2 is 1.72 bits per heavy atom. The van der Waals surface area contributed by atoms with E-state index < -0.39 is 0 Å². The van der Waals surface area contributed by atoms with Crippen LogP contribution >= 0.6 is 0 Å². The molecule has 8 nitrogen and oxygen atoms in total. The molecule has 126 valence electrons. The van der Waals surface area contributed by atoms with E-state index in [2.05, 4.69) is 20.3 Å². The minimum Gasteiger partial charge on any atom is -0.493 e. The van der Waals surface area contributed by atoms with E-state index in [1.165, 1.54) is 6.33 Å². The topological polar surface area (TPSA) is 84.2 Å². The lowest BCUT2D eigenvalue weighted by Gasteiger charge is -2.15. The Hall–Kier alpha value is -3.42. The molecule has 25 heavy (non-hydrogen) atoms. The van der Waals surface area contributed by atoms with Gasteiger partial charge in [0.25, 0.3) is 0 Å². The molecule has 0 bridgehead atoms. The van der Waals surface area contributed by atoms with E-state index in [1.54, 1.807) is 26.0 Å². The van der Waals surface area contributed by atoms with Gasteiger partial charge >= 0.3 is 0 Å². The van der Waals surface area contributed by atoms with Gasteiger partial charge in [-0.15, -0.1) is 5.10 Å². The zero-order chi connectivity index (χ0) is 17.4. The van der Waals surface area contributed by atoms with E-state index in [9.17, 15) is 0 Å². The Bertz CT molecular complexity index is 1080. The van der Waals surface area contributed by atoms with Crippen molar-refractivity contribution in [2.24, 2.45) is 0 Å². The van der Waals surface area contributed by atoms with E-state index in [1.807, 2.05) is 30.3 Å². The second-order valence-corrected chi connectivity index (χ2v) is 5.23. The first kappa shape index (κ1) is 15.1. The van der Waals surface area contributed by atoms with Crippen LogP contribution in [0.3, 0.4) is 0 Å². The Kier molecular flexibility index (Phi) is 3.57. The number of benzene rings is 2. The first-order valence-corrected chi connectivity index (χ1v) is 7.53. The minimum atomic E-state index is 0.477. The van der Waals surface area contributed by atoms with Gasteiger partial charge in [-0.1, -0.05) is 17.3 Å². The summed E-state index contributed by atoms with van der Waals surface area (Å²) < 4.78 is 18.0. The summed E-state index contributed by atoms with van der Waals surface area (Å²) in [5.74, 6) is 2.06. The van der Waals surface area contributed by atoms with Crippen LogP contribution in [0.1, 0.15) is 0 Å².